The van der Waals surface area contributed by atoms with Crippen LogP contribution >= 0.6 is 0 Å². The first-order chi connectivity index (χ1) is 15.0. The minimum Gasteiger partial charge on any atom is -0.340 e. The van der Waals surface area contributed by atoms with E-state index in [1.165, 1.54) is 34.4 Å². The van der Waals surface area contributed by atoms with Crippen LogP contribution in [0.2, 0.25) is 0 Å². The third-order valence-corrected chi connectivity index (χ3v) is 6.15. The van der Waals surface area contributed by atoms with Crippen molar-refractivity contribution in [2.24, 2.45) is 0 Å². The number of benzene rings is 3. The first-order valence-electron chi connectivity index (χ1n) is 10.9. The highest BCUT2D eigenvalue weighted by atomic mass is 19.1. The van der Waals surface area contributed by atoms with Gasteiger partial charge in [0.1, 0.15) is 5.82 Å². The van der Waals surface area contributed by atoms with Crippen LogP contribution in [-0.4, -0.2) is 41.9 Å². The fraction of sp³-hybridized carbons (Fsp3) is 0.296. The molecule has 1 saturated heterocycles. The van der Waals surface area contributed by atoms with E-state index >= 15 is 0 Å². The van der Waals surface area contributed by atoms with E-state index < -0.39 is 0 Å². The number of rotatable bonds is 5. The lowest BCUT2D eigenvalue weighted by Crippen LogP contribution is -2.50. The molecule has 0 unspecified atom stereocenters. The van der Waals surface area contributed by atoms with Gasteiger partial charge in [-0.15, -0.1) is 0 Å². The SMILES string of the molecule is Cc1ccc(C)c([C@H](c2ccccc2)N2CCN(C(=O)Cc3ccc(F)cc3)CC2)c1. The van der Waals surface area contributed by atoms with Crippen molar-refractivity contribution < 1.29 is 9.18 Å². The summed E-state index contributed by atoms with van der Waals surface area (Å²) in [5.41, 5.74) is 6.01. The van der Waals surface area contributed by atoms with Crippen LogP contribution < -0.4 is 0 Å². The Labute approximate surface area is 184 Å². The van der Waals surface area contributed by atoms with Gasteiger partial charge in [0, 0.05) is 26.2 Å². The highest BCUT2D eigenvalue weighted by molar-refractivity contribution is 5.78. The summed E-state index contributed by atoms with van der Waals surface area (Å²) in [4.78, 5) is 17.2. The summed E-state index contributed by atoms with van der Waals surface area (Å²) in [6, 6.07) is 23.7. The van der Waals surface area contributed by atoms with Gasteiger partial charge >= 0.3 is 0 Å². The van der Waals surface area contributed by atoms with Gasteiger partial charge in [0.15, 0.2) is 0 Å². The minimum atomic E-state index is -0.275. The van der Waals surface area contributed by atoms with E-state index in [1.54, 1.807) is 12.1 Å². The number of carbonyl (C=O) groups excluding carboxylic acids is 1. The number of hydrogen-bond acceptors (Lipinski definition) is 2. The van der Waals surface area contributed by atoms with E-state index in [9.17, 15) is 9.18 Å². The van der Waals surface area contributed by atoms with Crippen LogP contribution in [0.25, 0.3) is 0 Å². The lowest BCUT2D eigenvalue weighted by molar-refractivity contribution is -0.132. The Kier molecular flexibility index (Phi) is 6.47. The molecule has 160 valence electrons. The fourth-order valence-corrected chi connectivity index (χ4v) is 4.40. The maximum absolute atomic E-state index is 13.1. The molecule has 1 fully saturated rings. The van der Waals surface area contributed by atoms with Crippen LogP contribution in [0.3, 0.4) is 0 Å². The maximum Gasteiger partial charge on any atom is 0.227 e. The van der Waals surface area contributed by atoms with Crippen LogP contribution in [0.5, 0.6) is 0 Å². The van der Waals surface area contributed by atoms with Crippen molar-refractivity contribution in [3.05, 3.63) is 106 Å². The molecule has 1 heterocycles. The number of halogens is 1. The molecule has 1 aliphatic rings. The summed E-state index contributed by atoms with van der Waals surface area (Å²) in [7, 11) is 0. The Hall–Kier alpha value is -2.98. The van der Waals surface area contributed by atoms with Gasteiger partial charge in [0.2, 0.25) is 5.91 Å². The average Bonchev–Trinajstić information content (AvgIpc) is 2.79. The fourth-order valence-electron chi connectivity index (χ4n) is 4.40. The van der Waals surface area contributed by atoms with E-state index in [2.05, 4.69) is 67.3 Å². The minimum absolute atomic E-state index is 0.106. The molecule has 3 aromatic rings. The van der Waals surface area contributed by atoms with E-state index in [1.807, 2.05) is 4.90 Å². The van der Waals surface area contributed by atoms with Gasteiger partial charge in [0.25, 0.3) is 0 Å². The van der Waals surface area contributed by atoms with Crippen LogP contribution in [-0.2, 0) is 11.2 Å². The topological polar surface area (TPSA) is 23.6 Å². The van der Waals surface area contributed by atoms with E-state index in [0.717, 1.165) is 18.7 Å². The quantitative estimate of drug-likeness (QED) is 0.590. The molecule has 4 rings (SSSR count). The Morgan fingerprint density at radius 3 is 2.26 bits per heavy atom. The molecular weight excluding hydrogens is 387 g/mol. The normalized spacial score (nSPS) is 15.6. The summed E-state index contributed by atoms with van der Waals surface area (Å²) in [5.74, 6) is -0.169. The van der Waals surface area contributed by atoms with Gasteiger partial charge in [-0.05, 0) is 48.2 Å². The van der Waals surface area contributed by atoms with Gasteiger partial charge in [-0.3, -0.25) is 9.69 Å². The molecule has 3 nitrogen and oxygen atoms in total. The van der Waals surface area contributed by atoms with E-state index in [0.29, 0.717) is 19.5 Å². The second-order valence-corrected chi connectivity index (χ2v) is 8.39. The molecule has 4 heteroatoms. The lowest BCUT2D eigenvalue weighted by Gasteiger charge is -2.40. The zero-order valence-electron chi connectivity index (χ0n) is 18.2. The molecule has 0 spiro atoms. The summed E-state index contributed by atoms with van der Waals surface area (Å²) in [5, 5.41) is 0. The standard InChI is InChI=1S/C27H29FN2O/c1-20-8-9-21(2)25(18-20)27(23-6-4-3-5-7-23)30-16-14-29(15-17-30)26(31)19-22-10-12-24(28)13-11-22/h3-13,18,27H,14-17,19H2,1-2H3/t27-/m0/s1. The predicted molar refractivity (Wildman–Crippen MR) is 122 cm³/mol. The Morgan fingerprint density at radius 1 is 0.903 bits per heavy atom. The van der Waals surface area contributed by atoms with E-state index in [-0.39, 0.29) is 17.8 Å². The summed E-state index contributed by atoms with van der Waals surface area (Å²) >= 11 is 0. The molecule has 1 aliphatic heterocycles. The van der Waals surface area contributed by atoms with Gasteiger partial charge in [-0.2, -0.15) is 0 Å². The largest absolute Gasteiger partial charge is 0.340 e. The maximum atomic E-state index is 13.1. The molecule has 0 aromatic heterocycles. The average molecular weight is 417 g/mol. The number of aryl methyl sites for hydroxylation is 2. The lowest BCUT2D eigenvalue weighted by atomic mass is 9.92. The number of hydrogen-bond donors (Lipinski definition) is 0. The zero-order valence-corrected chi connectivity index (χ0v) is 18.2. The molecule has 0 saturated carbocycles. The highest BCUT2D eigenvalue weighted by Gasteiger charge is 2.29. The third-order valence-electron chi connectivity index (χ3n) is 6.15. The number of piperazine rings is 1. The molecule has 0 radical (unpaired) electrons. The first-order valence-corrected chi connectivity index (χ1v) is 10.9. The number of nitrogens with zero attached hydrogens (tertiary/aromatic N) is 2. The van der Waals surface area contributed by atoms with Gasteiger partial charge < -0.3 is 4.90 Å². The molecule has 0 N–H and O–H groups in total. The third kappa shape index (κ3) is 5.02. The van der Waals surface area contributed by atoms with Crippen LogP contribution in [0.1, 0.15) is 33.9 Å². The Balaban J connectivity index is 1.49. The first kappa shape index (κ1) is 21.3. The van der Waals surface area contributed by atoms with Crippen molar-refractivity contribution in [2.75, 3.05) is 26.2 Å². The second-order valence-electron chi connectivity index (χ2n) is 8.39. The summed E-state index contributed by atoms with van der Waals surface area (Å²) in [6.07, 6.45) is 0.319. The van der Waals surface area contributed by atoms with Crippen molar-refractivity contribution in [3.63, 3.8) is 0 Å². The van der Waals surface area contributed by atoms with Crippen molar-refractivity contribution in [1.82, 2.24) is 9.80 Å². The molecule has 1 amide bonds. The van der Waals surface area contributed by atoms with Crippen molar-refractivity contribution in [2.45, 2.75) is 26.3 Å². The van der Waals surface area contributed by atoms with Crippen LogP contribution in [0, 0.1) is 19.7 Å². The molecule has 0 bridgehead atoms. The van der Waals surface area contributed by atoms with Crippen molar-refractivity contribution in [1.29, 1.82) is 0 Å². The van der Waals surface area contributed by atoms with Gasteiger partial charge in [-0.1, -0.05) is 66.2 Å². The molecule has 31 heavy (non-hydrogen) atoms. The number of amides is 1. The monoisotopic (exact) mass is 416 g/mol. The predicted octanol–water partition coefficient (Wildman–Crippen LogP) is 4.92. The Morgan fingerprint density at radius 2 is 1.58 bits per heavy atom. The number of carbonyl (C=O) groups is 1. The molecule has 3 aromatic carbocycles. The molecule has 0 aliphatic carbocycles. The highest BCUT2D eigenvalue weighted by Crippen LogP contribution is 2.32. The summed E-state index contributed by atoms with van der Waals surface area (Å²) in [6.45, 7) is 7.36. The Bertz CT molecular complexity index is 1020. The summed E-state index contributed by atoms with van der Waals surface area (Å²) < 4.78 is 13.1. The van der Waals surface area contributed by atoms with Crippen molar-refractivity contribution >= 4 is 5.91 Å². The second kappa shape index (κ2) is 9.44. The molecule has 1 atom stereocenters. The molecular formula is C27H29FN2O. The van der Waals surface area contributed by atoms with Crippen LogP contribution in [0.4, 0.5) is 4.39 Å². The van der Waals surface area contributed by atoms with Crippen molar-refractivity contribution in [3.8, 4) is 0 Å². The van der Waals surface area contributed by atoms with Gasteiger partial charge in [-0.25, -0.2) is 4.39 Å². The van der Waals surface area contributed by atoms with E-state index in [4.69, 9.17) is 0 Å². The van der Waals surface area contributed by atoms with Gasteiger partial charge in [0.05, 0.1) is 12.5 Å². The smallest absolute Gasteiger partial charge is 0.227 e. The zero-order chi connectivity index (χ0) is 21.8. The van der Waals surface area contributed by atoms with Crippen LogP contribution in [0.15, 0.2) is 72.8 Å².